The molecule has 2 aromatic heterocycles. The van der Waals surface area contributed by atoms with E-state index in [0.717, 1.165) is 53.5 Å². The highest BCUT2D eigenvalue weighted by atomic mass is 79.9. The van der Waals surface area contributed by atoms with E-state index in [1.54, 1.807) is 48.5 Å². The average Bonchev–Trinajstić information content (AvgIpc) is 3.39. The van der Waals surface area contributed by atoms with Crippen molar-refractivity contribution in [2.24, 2.45) is 0 Å². The Bertz CT molecular complexity index is 3250. The van der Waals surface area contributed by atoms with Crippen molar-refractivity contribution in [3.63, 3.8) is 0 Å². The maximum Gasteiger partial charge on any atom is 0.343 e. The van der Waals surface area contributed by atoms with Crippen LogP contribution in [-0.4, -0.2) is 20.4 Å². The molecule has 0 fully saturated rings. The van der Waals surface area contributed by atoms with Gasteiger partial charge in [0.05, 0.1) is 34.1 Å². The molecule has 0 aliphatic rings. The van der Waals surface area contributed by atoms with Crippen molar-refractivity contribution in [2.75, 3.05) is 0 Å². The van der Waals surface area contributed by atoms with Crippen LogP contribution >= 0.6 is 31.9 Å². The fraction of sp³-hybridized carbons (Fsp3) is 0.100. The summed E-state index contributed by atoms with van der Waals surface area (Å²) in [6, 6.07) is 64.2. The lowest BCUT2D eigenvalue weighted by atomic mass is 9.84. The number of rotatable bonds is 12. The number of fused-ring (bicyclic) bond motifs is 2. The first kappa shape index (κ1) is 47.7. The molecule has 0 aliphatic heterocycles. The first-order chi connectivity index (χ1) is 34.0. The van der Waals surface area contributed by atoms with Crippen LogP contribution in [-0.2, 0) is 0 Å². The maximum atomic E-state index is 13.0. The summed E-state index contributed by atoms with van der Waals surface area (Å²) >= 11 is 6.91. The number of aliphatic hydroxyl groups excluding tert-OH is 2. The molecule has 0 amide bonds. The van der Waals surface area contributed by atoms with Crippen LogP contribution in [0.3, 0.4) is 0 Å². The van der Waals surface area contributed by atoms with E-state index in [1.165, 1.54) is 0 Å². The Hall–Kier alpha value is -7.34. The molecule has 0 saturated carbocycles. The van der Waals surface area contributed by atoms with Crippen molar-refractivity contribution in [3.05, 3.63) is 269 Å². The number of para-hydroxylation sites is 2. The first-order valence-corrected chi connectivity index (χ1v) is 24.3. The van der Waals surface area contributed by atoms with Crippen LogP contribution in [0.5, 0.6) is 11.5 Å². The molecule has 348 valence electrons. The molecule has 0 spiro atoms. The van der Waals surface area contributed by atoms with E-state index in [-0.39, 0.29) is 35.5 Å². The predicted octanol–water partition coefficient (Wildman–Crippen LogP) is 14.4. The maximum absolute atomic E-state index is 13.0. The molecule has 0 unspecified atom stereocenters. The number of halogens is 2. The third-order valence-corrected chi connectivity index (χ3v) is 13.7. The molecule has 70 heavy (non-hydrogen) atoms. The highest BCUT2D eigenvalue weighted by Crippen LogP contribution is 2.41. The second-order valence-electron chi connectivity index (χ2n) is 17.0. The van der Waals surface area contributed by atoms with Crippen molar-refractivity contribution in [1.29, 1.82) is 0 Å². The Morgan fingerprint density at radius 3 is 1.01 bits per heavy atom. The van der Waals surface area contributed by atoms with Crippen molar-refractivity contribution in [2.45, 2.75) is 36.9 Å². The summed E-state index contributed by atoms with van der Waals surface area (Å²) in [5.74, 6) is -1.33. The molecular weight excluding hydrogens is 1010 g/mol. The highest BCUT2D eigenvalue weighted by molar-refractivity contribution is 9.10. The summed E-state index contributed by atoms with van der Waals surface area (Å²) in [7, 11) is 0. The lowest BCUT2D eigenvalue weighted by Gasteiger charge is -2.22. The summed E-state index contributed by atoms with van der Waals surface area (Å²) in [4.78, 5) is 26.0. The van der Waals surface area contributed by atoms with Gasteiger partial charge in [0.15, 0.2) is 0 Å². The Kier molecular flexibility index (Phi) is 14.7. The Balaban J connectivity index is 0.000000174. The van der Waals surface area contributed by atoms with Gasteiger partial charge >= 0.3 is 11.3 Å². The molecule has 0 saturated heterocycles. The van der Waals surface area contributed by atoms with Gasteiger partial charge in [0.25, 0.3) is 0 Å². The molecule has 0 aliphatic carbocycles. The molecule has 2 heterocycles. The molecule has 0 bridgehead atoms. The zero-order valence-electron chi connectivity index (χ0n) is 37.5. The van der Waals surface area contributed by atoms with Gasteiger partial charge < -0.3 is 29.3 Å². The SMILES string of the molecule is O=c1oc2ccccc2c(O)c1[C@@H](C[C@H](O)c1ccc(-c2ccc(Br)cc2)cc1)c1ccccc1.O=c1oc2ccccc2c(O)c1[C@H](C[C@@H](O)c1ccc(-c2ccc(Br)cc2)cc1)c1ccccc1. The van der Waals surface area contributed by atoms with E-state index in [2.05, 4.69) is 31.9 Å². The van der Waals surface area contributed by atoms with E-state index < -0.39 is 35.3 Å². The minimum absolute atomic E-state index is 0.108. The minimum Gasteiger partial charge on any atom is -0.507 e. The van der Waals surface area contributed by atoms with Crippen LogP contribution in [0.15, 0.2) is 234 Å². The van der Waals surface area contributed by atoms with Gasteiger partial charge in [-0.1, -0.05) is 190 Å². The summed E-state index contributed by atoms with van der Waals surface area (Å²) < 4.78 is 13.1. The zero-order valence-corrected chi connectivity index (χ0v) is 40.7. The quantitative estimate of drug-likeness (QED) is 0.0887. The van der Waals surface area contributed by atoms with Gasteiger partial charge in [-0.15, -0.1) is 0 Å². The predicted molar refractivity (Wildman–Crippen MR) is 283 cm³/mol. The molecule has 4 N–H and O–H groups in total. The smallest absolute Gasteiger partial charge is 0.343 e. The Morgan fingerprint density at radius 1 is 0.371 bits per heavy atom. The lowest BCUT2D eigenvalue weighted by molar-refractivity contribution is 0.161. The number of aromatic hydroxyl groups is 2. The average molecular weight is 1050 g/mol. The molecular formula is C60H46Br2O8. The van der Waals surface area contributed by atoms with Gasteiger partial charge in [0, 0.05) is 20.8 Å². The Morgan fingerprint density at radius 2 is 0.671 bits per heavy atom. The van der Waals surface area contributed by atoms with Gasteiger partial charge in [0.2, 0.25) is 0 Å². The fourth-order valence-corrected chi connectivity index (χ4v) is 9.45. The summed E-state index contributed by atoms with van der Waals surface area (Å²) in [5, 5.41) is 45.5. The van der Waals surface area contributed by atoms with Crippen LogP contribution in [0.4, 0.5) is 0 Å². The molecule has 4 atom stereocenters. The van der Waals surface area contributed by atoms with Gasteiger partial charge in [-0.3, -0.25) is 0 Å². The monoisotopic (exact) mass is 1050 g/mol. The molecule has 0 radical (unpaired) electrons. The molecule has 8 aromatic carbocycles. The van der Waals surface area contributed by atoms with Crippen molar-refractivity contribution in [1.82, 2.24) is 0 Å². The molecule has 10 rings (SSSR count). The third-order valence-electron chi connectivity index (χ3n) is 12.6. The van der Waals surface area contributed by atoms with Gasteiger partial charge in [-0.2, -0.15) is 0 Å². The molecule has 8 nitrogen and oxygen atoms in total. The van der Waals surface area contributed by atoms with E-state index >= 15 is 0 Å². The van der Waals surface area contributed by atoms with Gasteiger partial charge in [0.1, 0.15) is 22.7 Å². The third kappa shape index (κ3) is 10.6. The largest absolute Gasteiger partial charge is 0.507 e. The van der Waals surface area contributed by atoms with Gasteiger partial charge in [-0.05, 0) is 106 Å². The van der Waals surface area contributed by atoms with Gasteiger partial charge in [-0.25, -0.2) is 9.59 Å². The van der Waals surface area contributed by atoms with Crippen LogP contribution in [0.25, 0.3) is 44.2 Å². The molecule has 10 aromatic rings. The van der Waals surface area contributed by atoms with Crippen molar-refractivity contribution >= 4 is 53.8 Å². The lowest BCUT2D eigenvalue weighted by Crippen LogP contribution is -2.17. The Labute approximate surface area is 420 Å². The second-order valence-corrected chi connectivity index (χ2v) is 18.8. The molecule has 10 heteroatoms. The second kappa shape index (κ2) is 21.5. The summed E-state index contributed by atoms with van der Waals surface area (Å²) in [5.41, 5.74) is 7.09. The standard InChI is InChI=1S/2C30H23BrO4/c2*31-23-16-14-20(15-17-23)19-10-12-22(13-11-19)26(32)18-25(21-6-2-1-3-7-21)28-29(33)24-8-4-5-9-27(24)35-30(28)34/h2*1-17,25-26,32-33H,18H2/t2*25-,26-/m10/s1. The zero-order chi connectivity index (χ0) is 48.7. The number of hydrogen-bond acceptors (Lipinski definition) is 8. The van der Waals surface area contributed by atoms with E-state index in [0.29, 0.717) is 21.9 Å². The normalized spacial score (nSPS) is 13.0. The van der Waals surface area contributed by atoms with Crippen molar-refractivity contribution in [3.8, 4) is 33.8 Å². The summed E-state index contributed by atoms with van der Waals surface area (Å²) in [6.07, 6.45) is -1.30. The first-order valence-electron chi connectivity index (χ1n) is 22.7. The highest BCUT2D eigenvalue weighted by Gasteiger charge is 2.29. The van der Waals surface area contributed by atoms with E-state index in [9.17, 15) is 30.0 Å². The van der Waals surface area contributed by atoms with Crippen LogP contribution in [0.2, 0.25) is 0 Å². The van der Waals surface area contributed by atoms with Crippen LogP contribution in [0.1, 0.15) is 70.3 Å². The van der Waals surface area contributed by atoms with E-state index in [1.807, 2.05) is 158 Å². The number of aliphatic hydroxyl groups is 2. The van der Waals surface area contributed by atoms with Crippen molar-refractivity contribution < 1.29 is 29.3 Å². The van der Waals surface area contributed by atoms with E-state index in [4.69, 9.17) is 8.83 Å². The van der Waals surface area contributed by atoms with Crippen LogP contribution in [0, 0.1) is 0 Å². The van der Waals surface area contributed by atoms with Crippen LogP contribution < -0.4 is 11.3 Å². The fourth-order valence-electron chi connectivity index (χ4n) is 8.92. The topological polar surface area (TPSA) is 141 Å². The number of benzene rings is 8. The minimum atomic E-state index is -0.857. The summed E-state index contributed by atoms with van der Waals surface area (Å²) in [6.45, 7) is 0. The number of hydrogen-bond donors (Lipinski definition) is 4.